The summed E-state index contributed by atoms with van der Waals surface area (Å²) in [6, 6.07) is 7.03. The minimum absolute atomic E-state index is 0.166. The Morgan fingerprint density at radius 1 is 1.12 bits per heavy atom. The summed E-state index contributed by atoms with van der Waals surface area (Å²) in [5.74, 6) is 0.464. The lowest BCUT2D eigenvalue weighted by molar-refractivity contribution is 0.625. The van der Waals surface area contributed by atoms with Crippen LogP contribution in [0.4, 0.5) is 10.3 Å². The standard InChI is InChI=1S/C13H12FN3/c14-11-3-2-9-7-12(8-10(9)6-11)17-13-15-4-1-5-16-13/h1-6,12H,7-8H2,(H,15,16,17). The molecule has 1 N–H and O–H groups in total. The zero-order valence-electron chi connectivity index (χ0n) is 9.23. The average Bonchev–Trinajstić information content (AvgIpc) is 2.71. The van der Waals surface area contributed by atoms with Gasteiger partial charge in [-0.25, -0.2) is 14.4 Å². The summed E-state index contributed by atoms with van der Waals surface area (Å²) >= 11 is 0. The molecule has 4 heteroatoms. The van der Waals surface area contributed by atoms with Crippen LogP contribution in [0.2, 0.25) is 0 Å². The van der Waals surface area contributed by atoms with E-state index in [4.69, 9.17) is 0 Å². The summed E-state index contributed by atoms with van der Waals surface area (Å²) in [7, 11) is 0. The molecule has 3 nitrogen and oxygen atoms in total. The van der Waals surface area contributed by atoms with E-state index in [0.717, 1.165) is 18.4 Å². The van der Waals surface area contributed by atoms with E-state index in [1.54, 1.807) is 24.5 Å². The number of aromatic nitrogens is 2. The van der Waals surface area contributed by atoms with Gasteiger partial charge in [0, 0.05) is 18.4 Å². The molecule has 1 heterocycles. The number of anilines is 1. The van der Waals surface area contributed by atoms with Crippen LogP contribution < -0.4 is 5.32 Å². The summed E-state index contributed by atoms with van der Waals surface area (Å²) < 4.78 is 13.1. The second-order valence-electron chi connectivity index (χ2n) is 4.23. The number of hydrogen-bond donors (Lipinski definition) is 1. The van der Waals surface area contributed by atoms with Gasteiger partial charge in [0.2, 0.25) is 5.95 Å². The van der Waals surface area contributed by atoms with Gasteiger partial charge in [0.05, 0.1) is 0 Å². The molecule has 0 aliphatic heterocycles. The molecule has 1 atom stereocenters. The van der Waals surface area contributed by atoms with Gasteiger partial charge in [0.25, 0.3) is 0 Å². The van der Waals surface area contributed by atoms with Gasteiger partial charge in [-0.3, -0.25) is 0 Å². The van der Waals surface area contributed by atoms with E-state index in [1.165, 1.54) is 11.6 Å². The zero-order valence-corrected chi connectivity index (χ0v) is 9.23. The van der Waals surface area contributed by atoms with Crippen LogP contribution in [0.15, 0.2) is 36.7 Å². The van der Waals surface area contributed by atoms with Gasteiger partial charge >= 0.3 is 0 Å². The molecule has 0 saturated heterocycles. The summed E-state index contributed by atoms with van der Waals surface area (Å²) in [6.07, 6.45) is 5.13. The number of hydrogen-bond acceptors (Lipinski definition) is 3. The Bertz CT molecular complexity index is 527. The Hall–Kier alpha value is -1.97. The predicted octanol–water partition coefficient (Wildman–Crippen LogP) is 2.19. The molecule has 1 unspecified atom stereocenters. The highest BCUT2D eigenvalue weighted by atomic mass is 19.1. The van der Waals surface area contributed by atoms with E-state index >= 15 is 0 Å². The van der Waals surface area contributed by atoms with Crippen molar-refractivity contribution in [3.8, 4) is 0 Å². The molecular weight excluding hydrogens is 217 g/mol. The molecule has 0 spiro atoms. The first-order valence-electron chi connectivity index (χ1n) is 5.62. The lowest BCUT2D eigenvalue weighted by atomic mass is 10.1. The number of benzene rings is 1. The molecule has 1 aliphatic rings. The van der Waals surface area contributed by atoms with Crippen LogP contribution in [0.5, 0.6) is 0 Å². The summed E-state index contributed by atoms with van der Waals surface area (Å²) in [5, 5.41) is 3.26. The van der Waals surface area contributed by atoms with Crippen molar-refractivity contribution >= 4 is 5.95 Å². The molecule has 2 aromatic rings. The monoisotopic (exact) mass is 229 g/mol. The highest BCUT2D eigenvalue weighted by Crippen LogP contribution is 2.24. The molecule has 1 aliphatic carbocycles. The molecule has 0 radical (unpaired) electrons. The molecule has 0 fully saturated rings. The lowest BCUT2D eigenvalue weighted by Gasteiger charge is -2.10. The van der Waals surface area contributed by atoms with E-state index in [0.29, 0.717) is 5.95 Å². The van der Waals surface area contributed by atoms with E-state index in [-0.39, 0.29) is 11.9 Å². The fourth-order valence-electron chi connectivity index (χ4n) is 2.25. The lowest BCUT2D eigenvalue weighted by Crippen LogP contribution is -2.20. The third-order valence-electron chi connectivity index (χ3n) is 3.00. The van der Waals surface area contributed by atoms with Crippen LogP contribution in [0.1, 0.15) is 11.1 Å². The largest absolute Gasteiger partial charge is 0.351 e. The highest BCUT2D eigenvalue weighted by molar-refractivity contribution is 5.38. The first kappa shape index (κ1) is 10.2. The predicted molar refractivity (Wildman–Crippen MR) is 63.3 cm³/mol. The van der Waals surface area contributed by atoms with Gasteiger partial charge < -0.3 is 5.32 Å². The van der Waals surface area contributed by atoms with Crippen LogP contribution in [-0.4, -0.2) is 16.0 Å². The van der Waals surface area contributed by atoms with Crippen LogP contribution in [-0.2, 0) is 12.8 Å². The molecule has 0 bridgehead atoms. The molecule has 86 valence electrons. The Morgan fingerprint density at radius 3 is 2.71 bits per heavy atom. The summed E-state index contributed by atoms with van der Waals surface area (Å²) in [5.41, 5.74) is 2.29. The second kappa shape index (κ2) is 4.13. The van der Waals surface area contributed by atoms with E-state index in [2.05, 4.69) is 15.3 Å². The quantitative estimate of drug-likeness (QED) is 0.857. The van der Waals surface area contributed by atoms with Crippen LogP contribution >= 0.6 is 0 Å². The van der Waals surface area contributed by atoms with Gasteiger partial charge in [-0.15, -0.1) is 0 Å². The maximum absolute atomic E-state index is 13.1. The number of nitrogens with zero attached hydrogens (tertiary/aromatic N) is 2. The maximum Gasteiger partial charge on any atom is 0.222 e. The molecule has 1 aromatic carbocycles. The maximum atomic E-state index is 13.1. The van der Waals surface area contributed by atoms with Crippen molar-refractivity contribution in [1.29, 1.82) is 0 Å². The van der Waals surface area contributed by atoms with Gasteiger partial charge in [0.1, 0.15) is 5.82 Å². The van der Waals surface area contributed by atoms with Crippen LogP contribution in [0.25, 0.3) is 0 Å². The van der Waals surface area contributed by atoms with Crippen LogP contribution in [0, 0.1) is 5.82 Å². The number of nitrogens with one attached hydrogen (secondary N) is 1. The highest BCUT2D eigenvalue weighted by Gasteiger charge is 2.22. The molecule has 17 heavy (non-hydrogen) atoms. The Balaban J connectivity index is 1.74. The smallest absolute Gasteiger partial charge is 0.222 e. The van der Waals surface area contributed by atoms with Gasteiger partial charge in [-0.2, -0.15) is 0 Å². The molecule has 3 rings (SSSR count). The Labute approximate surface area is 98.7 Å². The van der Waals surface area contributed by atoms with E-state index in [9.17, 15) is 4.39 Å². The van der Waals surface area contributed by atoms with Crippen molar-refractivity contribution in [2.45, 2.75) is 18.9 Å². The number of rotatable bonds is 2. The summed E-state index contributed by atoms with van der Waals surface area (Å²) in [6.45, 7) is 0. The normalized spacial score (nSPS) is 17.8. The second-order valence-corrected chi connectivity index (χ2v) is 4.23. The minimum Gasteiger partial charge on any atom is -0.351 e. The van der Waals surface area contributed by atoms with Crippen molar-refractivity contribution in [1.82, 2.24) is 9.97 Å². The topological polar surface area (TPSA) is 37.8 Å². The first-order valence-corrected chi connectivity index (χ1v) is 5.62. The SMILES string of the molecule is Fc1ccc2c(c1)CC(Nc1ncccn1)C2. The van der Waals surface area contributed by atoms with E-state index < -0.39 is 0 Å². The molecule has 0 saturated carbocycles. The van der Waals surface area contributed by atoms with Crippen molar-refractivity contribution in [3.05, 3.63) is 53.6 Å². The molecule has 0 amide bonds. The van der Waals surface area contributed by atoms with Crippen molar-refractivity contribution in [2.24, 2.45) is 0 Å². The van der Waals surface area contributed by atoms with Gasteiger partial charge in [0.15, 0.2) is 0 Å². The Kier molecular flexibility index (Phi) is 2.48. The molecular formula is C13H12FN3. The summed E-state index contributed by atoms with van der Waals surface area (Å²) in [4.78, 5) is 8.25. The third kappa shape index (κ3) is 2.11. The third-order valence-corrected chi connectivity index (χ3v) is 3.00. The number of halogens is 1. The van der Waals surface area contributed by atoms with Crippen molar-refractivity contribution in [2.75, 3.05) is 5.32 Å². The average molecular weight is 229 g/mol. The van der Waals surface area contributed by atoms with Gasteiger partial charge in [-0.05, 0) is 42.2 Å². The first-order chi connectivity index (χ1) is 8.31. The minimum atomic E-state index is -0.166. The fraction of sp³-hybridized carbons (Fsp3) is 0.231. The van der Waals surface area contributed by atoms with Crippen molar-refractivity contribution in [3.63, 3.8) is 0 Å². The molecule has 1 aromatic heterocycles. The van der Waals surface area contributed by atoms with Crippen LogP contribution in [0.3, 0.4) is 0 Å². The fourth-order valence-corrected chi connectivity index (χ4v) is 2.25. The number of fused-ring (bicyclic) bond motifs is 1. The Morgan fingerprint density at radius 2 is 1.88 bits per heavy atom. The van der Waals surface area contributed by atoms with E-state index in [1.807, 2.05) is 6.07 Å². The van der Waals surface area contributed by atoms with Crippen molar-refractivity contribution < 1.29 is 4.39 Å². The zero-order chi connectivity index (χ0) is 11.7. The van der Waals surface area contributed by atoms with Gasteiger partial charge in [-0.1, -0.05) is 6.07 Å².